The number of aliphatic hydroxyl groups is 3. The van der Waals surface area contributed by atoms with E-state index in [9.17, 15) is 15.3 Å². The fourth-order valence-electron chi connectivity index (χ4n) is 3.56. The highest BCUT2D eigenvalue weighted by atomic mass is 16.4. The Morgan fingerprint density at radius 1 is 1.15 bits per heavy atom. The number of hydrogen-bond acceptors (Lipinski definition) is 4. The normalized spacial score (nSPS) is 31.2. The minimum Gasteiger partial charge on any atom is -0.388 e. The van der Waals surface area contributed by atoms with Crippen molar-refractivity contribution >= 4 is 0 Å². The Morgan fingerprint density at radius 3 is 2.65 bits per heavy atom. The SMILES string of the molecule is O[C@H]1[C@@H](O)Cn2c(CCC3CCCCC3)cnc2[C@@H]1O. The molecule has 1 aliphatic carbocycles. The molecule has 0 radical (unpaired) electrons. The van der Waals surface area contributed by atoms with Gasteiger partial charge >= 0.3 is 0 Å². The summed E-state index contributed by atoms with van der Waals surface area (Å²) in [5.41, 5.74) is 1.07. The van der Waals surface area contributed by atoms with Crippen molar-refractivity contribution in [3.05, 3.63) is 17.7 Å². The topological polar surface area (TPSA) is 78.5 Å². The lowest BCUT2D eigenvalue weighted by Gasteiger charge is -2.30. The molecule has 0 saturated heterocycles. The summed E-state index contributed by atoms with van der Waals surface area (Å²) >= 11 is 0. The summed E-state index contributed by atoms with van der Waals surface area (Å²) in [5.74, 6) is 1.29. The van der Waals surface area contributed by atoms with Gasteiger partial charge in [-0.3, -0.25) is 0 Å². The number of rotatable bonds is 3. The first-order valence-corrected chi connectivity index (χ1v) is 7.75. The van der Waals surface area contributed by atoms with Crippen molar-refractivity contribution in [2.45, 2.75) is 69.8 Å². The molecule has 0 amide bonds. The molecule has 112 valence electrons. The summed E-state index contributed by atoms with van der Waals surface area (Å²) in [6.45, 7) is 0.327. The van der Waals surface area contributed by atoms with Crippen LogP contribution in [-0.2, 0) is 13.0 Å². The van der Waals surface area contributed by atoms with Crippen LogP contribution < -0.4 is 0 Å². The van der Waals surface area contributed by atoms with Crippen LogP contribution in [0.1, 0.15) is 56.1 Å². The number of nitrogens with zero attached hydrogens (tertiary/aromatic N) is 2. The van der Waals surface area contributed by atoms with Gasteiger partial charge in [0.15, 0.2) is 0 Å². The Labute approximate surface area is 119 Å². The van der Waals surface area contributed by atoms with E-state index in [1.807, 2.05) is 4.57 Å². The first-order chi connectivity index (χ1) is 9.66. The second-order valence-electron chi connectivity index (χ2n) is 6.26. The van der Waals surface area contributed by atoms with Gasteiger partial charge in [-0.05, 0) is 18.8 Å². The number of aliphatic hydroxyl groups excluding tert-OH is 3. The van der Waals surface area contributed by atoms with E-state index < -0.39 is 18.3 Å². The van der Waals surface area contributed by atoms with Crippen LogP contribution in [0.15, 0.2) is 6.20 Å². The fourth-order valence-corrected chi connectivity index (χ4v) is 3.56. The molecule has 1 saturated carbocycles. The van der Waals surface area contributed by atoms with Gasteiger partial charge in [-0.25, -0.2) is 4.98 Å². The van der Waals surface area contributed by atoms with E-state index in [2.05, 4.69) is 4.98 Å². The molecule has 0 aromatic carbocycles. The molecule has 1 aliphatic heterocycles. The lowest BCUT2D eigenvalue weighted by Crippen LogP contribution is -2.42. The predicted octanol–water partition coefficient (Wildman–Crippen LogP) is 1.16. The van der Waals surface area contributed by atoms with Crippen LogP contribution in [-0.4, -0.2) is 37.1 Å². The molecule has 0 unspecified atom stereocenters. The fraction of sp³-hybridized carbons (Fsp3) is 0.800. The molecule has 1 aromatic heterocycles. The largest absolute Gasteiger partial charge is 0.388 e. The highest BCUT2D eigenvalue weighted by Gasteiger charge is 2.35. The Kier molecular flexibility index (Phi) is 4.10. The molecule has 0 bridgehead atoms. The minimum atomic E-state index is -1.13. The van der Waals surface area contributed by atoms with Crippen LogP contribution >= 0.6 is 0 Å². The first-order valence-electron chi connectivity index (χ1n) is 7.75. The standard InChI is InChI=1S/C15H24N2O3/c18-12-9-17-11(7-6-10-4-2-1-3-5-10)8-16-15(17)14(20)13(12)19/h8,10,12-14,18-20H,1-7,9H2/t12-,13-,14+/m0/s1. The van der Waals surface area contributed by atoms with E-state index in [0.717, 1.165) is 24.5 Å². The Balaban J connectivity index is 1.68. The van der Waals surface area contributed by atoms with E-state index in [1.165, 1.54) is 32.1 Å². The van der Waals surface area contributed by atoms with Crippen LogP contribution in [0.4, 0.5) is 0 Å². The van der Waals surface area contributed by atoms with Gasteiger partial charge in [-0.2, -0.15) is 0 Å². The molecular weight excluding hydrogens is 256 g/mol. The third-order valence-corrected chi connectivity index (χ3v) is 4.85. The summed E-state index contributed by atoms with van der Waals surface area (Å²) < 4.78 is 1.88. The van der Waals surface area contributed by atoms with Gasteiger partial charge in [0, 0.05) is 11.9 Å². The number of aryl methyl sites for hydroxylation is 1. The maximum atomic E-state index is 9.94. The van der Waals surface area contributed by atoms with Crippen molar-refractivity contribution in [1.82, 2.24) is 9.55 Å². The second-order valence-corrected chi connectivity index (χ2v) is 6.26. The van der Waals surface area contributed by atoms with Crippen molar-refractivity contribution in [3.63, 3.8) is 0 Å². The van der Waals surface area contributed by atoms with Crippen molar-refractivity contribution < 1.29 is 15.3 Å². The molecule has 1 fully saturated rings. The molecule has 2 aliphatic rings. The van der Waals surface area contributed by atoms with Crippen LogP contribution in [0.5, 0.6) is 0 Å². The van der Waals surface area contributed by atoms with Gasteiger partial charge in [0.1, 0.15) is 24.1 Å². The molecule has 0 spiro atoms. The molecule has 3 rings (SSSR count). The van der Waals surface area contributed by atoms with Gasteiger partial charge in [-0.15, -0.1) is 0 Å². The molecule has 1 aromatic rings. The monoisotopic (exact) mass is 280 g/mol. The van der Waals surface area contributed by atoms with Crippen molar-refractivity contribution in [1.29, 1.82) is 0 Å². The van der Waals surface area contributed by atoms with Gasteiger partial charge in [-0.1, -0.05) is 32.1 Å². The Bertz CT molecular complexity index is 454. The van der Waals surface area contributed by atoms with Gasteiger partial charge in [0.05, 0.1) is 6.54 Å². The van der Waals surface area contributed by atoms with E-state index in [1.54, 1.807) is 6.20 Å². The molecule has 2 heterocycles. The van der Waals surface area contributed by atoms with E-state index in [0.29, 0.717) is 12.4 Å². The Morgan fingerprint density at radius 2 is 1.90 bits per heavy atom. The maximum Gasteiger partial charge on any atom is 0.140 e. The molecular formula is C15H24N2O3. The lowest BCUT2D eigenvalue weighted by molar-refractivity contribution is -0.0858. The highest BCUT2D eigenvalue weighted by Crippen LogP contribution is 2.30. The average Bonchev–Trinajstić information content (AvgIpc) is 2.87. The summed E-state index contributed by atoms with van der Waals surface area (Å²) in [7, 11) is 0. The highest BCUT2D eigenvalue weighted by molar-refractivity contribution is 5.13. The number of aromatic nitrogens is 2. The summed E-state index contributed by atoms with van der Waals surface area (Å²) in [4.78, 5) is 4.23. The molecule has 3 N–H and O–H groups in total. The summed E-state index contributed by atoms with van der Waals surface area (Å²) in [6.07, 6.45) is 7.46. The van der Waals surface area contributed by atoms with Crippen molar-refractivity contribution in [2.24, 2.45) is 5.92 Å². The Hall–Kier alpha value is -0.910. The molecule has 3 atom stereocenters. The summed E-state index contributed by atoms with van der Waals surface area (Å²) in [5, 5.41) is 29.4. The number of fused-ring (bicyclic) bond motifs is 1. The zero-order chi connectivity index (χ0) is 14.1. The number of hydrogen-bond donors (Lipinski definition) is 3. The van der Waals surface area contributed by atoms with Crippen LogP contribution in [0.25, 0.3) is 0 Å². The maximum absolute atomic E-state index is 9.94. The molecule has 5 nitrogen and oxygen atoms in total. The van der Waals surface area contributed by atoms with Crippen molar-refractivity contribution in [3.8, 4) is 0 Å². The third kappa shape index (κ3) is 2.62. The smallest absolute Gasteiger partial charge is 0.140 e. The van der Waals surface area contributed by atoms with Crippen molar-refractivity contribution in [2.75, 3.05) is 0 Å². The van der Waals surface area contributed by atoms with Crippen LogP contribution in [0.2, 0.25) is 0 Å². The van der Waals surface area contributed by atoms with E-state index in [4.69, 9.17) is 0 Å². The van der Waals surface area contributed by atoms with Crippen LogP contribution in [0.3, 0.4) is 0 Å². The lowest BCUT2D eigenvalue weighted by atomic mass is 9.86. The van der Waals surface area contributed by atoms with Crippen LogP contribution in [0, 0.1) is 5.92 Å². The zero-order valence-electron chi connectivity index (χ0n) is 11.8. The molecule has 20 heavy (non-hydrogen) atoms. The minimum absolute atomic E-state index is 0.327. The number of imidazole rings is 1. The van der Waals surface area contributed by atoms with Gasteiger partial charge < -0.3 is 19.9 Å². The third-order valence-electron chi connectivity index (χ3n) is 4.85. The van der Waals surface area contributed by atoms with Gasteiger partial charge in [0.25, 0.3) is 0 Å². The van der Waals surface area contributed by atoms with Gasteiger partial charge in [0.2, 0.25) is 0 Å². The predicted molar refractivity (Wildman–Crippen MR) is 74.1 cm³/mol. The first kappa shape index (κ1) is 14.0. The average molecular weight is 280 g/mol. The quantitative estimate of drug-likeness (QED) is 0.776. The summed E-state index contributed by atoms with van der Waals surface area (Å²) in [6, 6.07) is 0. The second kappa shape index (κ2) is 5.84. The van der Waals surface area contributed by atoms with E-state index in [-0.39, 0.29) is 0 Å². The molecule has 5 heteroatoms. The van der Waals surface area contributed by atoms with E-state index >= 15 is 0 Å². The zero-order valence-corrected chi connectivity index (χ0v) is 11.8.